The molecule has 0 amide bonds. The molecule has 0 saturated heterocycles. The smallest absolute Gasteiger partial charge is 0.127 e. The average molecular weight is 270 g/mol. The van der Waals surface area contributed by atoms with Gasteiger partial charge in [0.2, 0.25) is 0 Å². The van der Waals surface area contributed by atoms with Gasteiger partial charge in [-0.1, -0.05) is 34.6 Å². The van der Waals surface area contributed by atoms with Crippen LogP contribution in [0.4, 0.5) is 0 Å². The van der Waals surface area contributed by atoms with E-state index < -0.39 is 0 Å². The van der Waals surface area contributed by atoms with Crippen molar-refractivity contribution in [1.29, 1.82) is 0 Å². The Labute approximate surface area is 120 Å². The molecule has 0 fully saturated rings. The van der Waals surface area contributed by atoms with Gasteiger partial charge >= 0.3 is 0 Å². The van der Waals surface area contributed by atoms with Gasteiger partial charge in [0, 0.05) is 12.0 Å². The molecular formula is C16H34N2O. The molecule has 3 heteroatoms. The number of rotatable bonds is 12. The first kappa shape index (κ1) is 18.6. The van der Waals surface area contributed by atoms with Gasteiger partial charge in [-0.15, -0.1) is 0 Å². The number of nitrogens with zero attached hydrogens (tertiary/aromatic N) is 2. The van der Waals surface area contributed by atoms with E-state index in [0.717, 1.165) is 52.1 Å². The van der Waals surface area contributed by atoms with Crippen molar-refractivity contribution in [3.05, 3.63) is 0 Å². The van der Waals surface area contributed by atoms with E-state index in [2.05, 4.69) is 44.4 Å². The van der Waals surface area contributed by atoms with Crippen LogP contribution in [0.15, 0.2) is 0 Å². The zero-order valence-corrected chi connectivity index (χ0v) is 13.7. The second-order valence-electron chi connectivity index (χ2n) is 5.44. The average Bonchev–Trinajstić information content (AvgIpc) is 2.47. The van der Waals surface area contributed by atoms with Crippen LogP contribution in [0.3, 0.4) is 0 Å². The van der Waals surface area contributed by atoms with Crippen molar-refractivity contribution >= 4 is 6.29 Å². The molecule has 114 valence electrons. The van der Waals surface area contributed by atoms with E-state index in [-0.39, 0.29) is 5.41 Å². The van der Waals surface area contributed by atoms with Crippen LogP contribution in [-0.2, 0) is 4.79 Å². The van der Waals surface area contributed by atoms with Crippen LogP contribution in [0, 0.1) is 5.41 Å². The molecule has 0 spiro atoms. The zero-order valence-electron chi connectivity index (χ0n) is 13.7. The first-order valence-corrected chi connectivity index (χ1v) is 8.02. The van der Waals surface area contributed by atoms with Crippen molar-refractivity contribution in [2.75, 3.05) is 39.3 Å². The summed E-state index contributed by atoms with van der Waals surface area (Å²) in [5.74, 6) is 0. The minimum atomic E-state index is -0.134. The monoisotopic (exact) mass is 270 g/mol. The number of carbonyl (C=O) groups is 1. The quantitative estimate of drug-likeness (QED) is 0.509. The molecule has 0 aromatic carbocycles. The number of hydrogen-bond acceptors (Lipinski definition) is 3. The topological polar surface area (TPSA) is 23.6 Å². The van der Waals surface area contributed by atoms with Crippen LogP contribution >= 0.6 is 0 Å². The fourth-order valence-electron chi connectivity index (χ4n) is 2.53. The molecule has 0 aromatic heterocycles. The van der Waals surface area contributed by atoms with Crippen LogP contribution in [-0.4, -0.2) is 55.4 Å². The minimum absolute atomic E-state index is 0.134. The summed E-state index contributed by atoms with van der Waals surface area (Å²) in [5, 5.41) is 0. The van der Waals surface area contributed by atoms with E-state index in [1.807, 2.05) is 0 Å². The SMILES string of the molecule is CCN(CC)CCCN(CC)CC(C=O)(CC)CC. The lowest BCUT2D eigenvalue weighted by Crippen LogP contribution is -2.39. The Hall–Kier alpha value is -0.410. The molecule has 0 saturated carbocycles. The molecule has 0 N–H and O–H groups in total. The highest BCUT2D eigenvalue weighted by molar-refractivity contribution is 5.59. The molecule has 19 heavy (non-hydrogen) atoms. The van der Waals surface area contributed by atoms with Crippen LogP contribution in [0.25, 0.3) is 0 Å². The lowest BCUT2D eigenvalue weighted by molar-refractivity contribution is -0.117. The highest BCUT2D eigenvalue weighted by Crippen LogP contribution is 2.24. The predicted molar refractivity (Wildman–Crippen MR) is 83.6 cm³/mol. The summed E-state index contributed by atoms with van der Waals surface area (Å²) in [4.78, 5) is 16.3. The third-order valence-corrected chi connectivity index (χ3v) is 4.49. The van der Waals surface area contributed by atoms with Crippen LogP contribution in [0.5, 0.6) is 0 Å². The molecular weight excluding hydrogens is 236 g/mol. The Morgan fingerprint density at radius 1 is 0.842 bits per heavy atom. The lowest BCUT2D eigenvalue weighted by Gasteiger charge is -2.32. The fourth-order valence-corrected chi connectivity index (χ4v) is 2.53. The first-order valence-electron chi connectivity index (χ1n) is 8.02. The van der Waals surface area contributed by atoms with Gasteiger partial charge < -0.3 is 14.6 Å². The highest BCUT2D eigenvalue weighted by atomic mass is 16.1. The van der Waals surface area contributed by atoms with Crippen molar-refractivity contribution in [3.8, 4) is 0 Å². The Balaban J connectivity index is 4.23. The summed E-state index contributed by atoms with van der Waals surface area (Å²) in [6, 6.07) is 0. The molecule has 0 aliphatic carbocycles. The molecule has 0 aromatic rings. The van der Waals surface area contributed by atoms with Crippen LogP contribution in [0.2, 0.25) is 0 Å². The summed E-state index contributed by atoms with van der Waals surface area (Å²) in [5.41, 5.74) is -0.134. The maximum absolute atomic E-state index is 11.4. The Kier molecular flexibility index (Phi) is 10.2. The van der Waals surface area contributed by atoms with E-state index in [0.29, 0.717) is 0 Å². The standard InChI is InChI=1S/C16H34N2O/c1-6-16(7-2,15-19)14-18(10-5)13-11-12-17(8-3)9-4/h15H,6-14H2,1-5H3. The van der Waals surface area contributed by atoms with Gasteiger partial charge in [0.05, 0.1) is 0 Å². The molecule has 0 radical (unpaired) electrons. The second-order valence-corrected chi connectivity index (χ2v) is 5.44. The molecule has 0 aliphatic rings. The van der Waals surface area contributed by atoms with Crippen molar-refractivity contribution in [1.82, 2.24) is 9.80 Å². The van der Waals surface area contributed by atoms with Crippen molar-refractivity contribution in [2.45, 2.75) is 53.9 Å². The second kappa shape index (κ2) is 10.4. The summed E-state index contributed by atoms with van der Waals surface area (Å²) in [6.07, 6.45) is 4.26. The number of aldehydes is 1. The van der Waals surface area contributed by atoms with Gasteiger partial charge in [-0.25, -0.2) is 0 Å². The van der Waals surface area contributed by atoms with E-state index in [4.69, 9.17) is 0 Å². The van der Waals surface area contributed by atoms with Gasteiger partial charge in [0.1, 0.15) is 6.29 Å². The van der Waals surface area contributed by atoms with Crippen LogP contribution < -0.4 is 0 Å². The minimum Gasteiger partial charge on any atom is -0.304 e. The zero-order chi connectivity index (χ0) is 14.7. The predicted octanol–water partition coefficient (Wildman–Crippen LogP) is 3.05. The summed E-state index contributed by atoms with van der Waals surface area (Å²) in [6.45, 7) is 17.3. The van der Waals surface area contributed by atoms with E-state index in [1.165, 1.54) is 12.7 Å². The Morgan fingerprint density at radius 3 is 1.68 bits per heavy atom. The van der Waals surface area contributed by atoms with Crippen molar-refractivity contribution in [3.63, 3.8) is 0 Å². The number of carbonyl (C=O) groups excluding carboxylic acids is 1. The van der Waals surface area contributed by atoms with E-state index in [9.17, 15) is 4.79 Å². The molecule has 0 atom stereocenters. The van der Waals surface area contributed by atoms with Crippen molar-refractivity contribution < 1.29 is 4.79 Å². The Morgan fingerprint density at radius 2 is 1.32 bits per heavy atom. The molecule has 0 bridgehead atoms. The van der Waals surface area contributed by atoms with E-state index in [1.54, 1.807) is 0 Å². The van der Waals surface area contributed by atoms with Gasteiger partial charge in [0.25, 0.3) is 0 Å². The van der Waals surface area contributed by atoms with Gasteiger partial charge in [0.15, 0.2) is 0 Å². The number of hydrogen-bond donors (Lipinski definition) is 0. The lowest BCUT2D eigenvalue weighted by atomic mass is 9.83. The largest absolute Gasteiger partial charge is 0.304 e. The molecule has 0 unspecified atom stereocenters. The first-order chi connectivity index (χ1) is 9.11. The van der Waals surface area contributed by atoms with Gasteiger partial charge in [-0.2, -0.15) is 0 Å². The fraction of sp³-hybridized carbons (Fsp3) is 0.938. The molecule has 0 rings (SSSR count). The molecule has 0 aliphatic heterocycles. The van der Waals surface area contributed by atoms with E-state index >= 15 is 0 Å². The molecule has 0 heterocycles. The molecule has 3 nitrogen and oxygen atoms in total. The van der Waals surface area contributed by atoms with Crippen molar-refractivity contribution in [2.24, 2.45) is 5.41 Å². The maximum Gasteiger partial charge on any atom is 0.127 e. The maximum atomic E-state index is 11.4. The normalized spacial score (nSPS) is 12.4. The summed E-state index contributed by atoms with van der Waals surface area (Å²) in [7, 11) is 0. The Bertz CT molecular complexity index is 223. The van der Waals surface area contributed by atoms with Crippen LogP contribution in [0.1, 0.15) is 53.9 Å². The van der Waals surface area contributed by atoms with Gasteiger partial charge in [-0.05, 0) is 52.0 Å². The third-order valence-electron chi connectivity index (χ3n) is 4.49. The summed E-state index contributed by atoms with van der Waals surface area (Å²) >= 11 is 0. The van der Waals surface area contributed by atoms with Gasteiger partial charge in [-0.3, -0.25) is 0 Å². The summed E-state index contributed by atoms with van der Waals surface area (Å²) < 4.78 is 0. The highest BCUT2D eigenvalue weighted by Gasteiger charge is 2.27. The third kappa shape index (κ3) is 6.53.